The van der Waals surface area contributed by atoms with E-state index in [2.05, 4.69) is 156 Å². The maximum atomic E-state index is 6.69. The number of aromatic nitrogens is 2. The van der Waals surface area contributed by atoms with Crippen molar-refractivity contribution in [1.29, 1.82) is 0 Å². The van der Waals surface area contributed by atoms with Gasteiger partial charge in [0.25, 0.3) is 0 Å². The summed E-state index contributed by atoms with van der Waals surface area (Å²) in [5, 5.41) is 7.33. The van der Waals surface area contributed by atoms with Crippen LogP contribution in [0.1, 0.15) is 30.2 Å². The van der Waals surface area contributed by atoms with E-state index in [1.807, 2.05) is 19.2 Å². The highest BCUT2D eigenvalue weighted by Gasteiger charge is 2.16. The first kappa shape index (κ1) is 28.5. The van der Waals surface area contributed by atoms with Crippen LogP contribution in [0.3, 0.4) is 0 Å². The van der Waals surface area contributed by atoms with Crippen LogP contribution in [-0.4, -0.2) is 9.55 Å². The van der Waals surface area contributed by atoms with Crippen molar-refractivity contribution < 1.29 is 0 Å². The van der Waals surface area contributed by atoms with Crippen molar-refractivity contribution in [2.75, 3.05) is 0 Å². The lowest BCUT2D eigenvalue weighted by Gasteiger charge is -2.11. The smallest absolute Gasteiger partial charge is 0.0619 e. The predicted octanol–water partition coefficient (Wildman–Crippen LogP) is 11.3. The van der Waals surface area contributed by atoms with Crippen LogP contribution < -0.4 is 5.73 Å². The normalized spacial score (nSPS) is 12.5. The van der Waals surface area contributed by atoms with Crippen molar-refractivity contribution in [3.05, 3.63) is 169 Å². The van der Waals surface area contributed by atoms with Crippen molar-refractivity contribution in [2.24, 2.45) is 5.73 Å². The zero-order chi connectivity index (χ0) is 31.9. The van der Waals surface area contributed by atoms with E-state index < -0.39 is 0 Å². The lowest BCUT2D eigenvalue weighted by Crippen LogP contribution is -1.97. The molecule has 0 aliphatic heterocycles. The van der Waals surface area contributed by atoms with E-state index in [1.165, 1.54) is 54.7 Å². The fraction of sp³-hybridized carbons (Fsp3) is 0.0682. The van der Waals surface area contributed by atoms with Gasteiger partial charge in [0.05, 0.1) is 11.0 Å². The van der Waals surface area contributed by atoms with Gasteiger partial charge in [-0.2, -0.15) is 0 Å². The minimum Gasteiger partial charge on any atom is -0.398 e. The van der Waals surface area contributed by atoms with E-state index in [9.17, 15) is 0 Å². The Morgan fingerprint density at radius 2 is 1.34 bits per heavy atom. The number of hydrogen-bond acceptors (Lipinski definition) is 2. The van der Waals surface area contributed by atoms with Crippen molar-refractivity contribution in [2.45, 2.75) is 20.3 Å². The van der Waals surface area contributed by atoms with Crippen molar-refractivity contribution in [3.8, 4) is 16.8 Å². The number of rotatable bonds is 6. The van der Waals surface area contributed by atoms with Crippen LogP contribution in [0, 0.1) is 6.92 Å². The standard InChI is InChI=1S/C44H35N3/c1-3-30(37-14-13-29(2)46-28-37)20-24-42(45)36-19-21-39-35(26-36)18-23-41-40-22-17-34(33-16-15-31-9-7-8-10-32(31)25-33)27-43(40)47(44(39)41)38-11-5-4-6-12-38/h4-28H,3,45H2,1-2H3/b30-20+,42-24-. The second-order valence-electron chi connectivity index (χ2n) is 12.2. The topological polar surface area (TPSA) is 43.8 Å². The number of aryl methyl sites for hydroxylation is 1. The molecule has 0 saturated heterocycles. The molecule has 0 aliphatic carbocycles. The van der Waals surface area contributed by atoms with Crippen molar-refractivity contribution in [1.82, 2.24) is 9.55 Å². The second-order valence-corrected chi connectivity index (χ2v) is 12.2. The summed E-state index contributed by atoms with van der Waals surface area (Å²) in [6, 6.07) is 48.1. The lowest BCUT2D eigenvalue weighted by molar-refractivity contribution is 1.16. The predicted molar refractivity (Wildman–Crippen MR) is 201 cm³/mol. The van der Waals surface area contributed by atoms with E-state index in [0.717, 1.165) is 40.0 Å². The highest BCUT2D eigenvalue weighted by atomic mass is 15.0. The molecule has 47 heavy (non-hydrogen) atoms. The summed E-state index contributed by atoms with van der Waals surface area (Å²) < 4.78 is 2.42. The summed E-state index contributed by atoms with van der Waals surface area (Å²) >= 11 is 0. The molecule has 2 aromatic heterocycles. The summed E-state index contributed by atoms with van der Waals surface area (Å²) in [5.74, 6) is 0. The minimum absolute atomic E-state index is 0.738. The molecule has 8 aromatic rings. The highest BCUT2D eigenvalue weighted by Crippen LogP contribution is 2.39. The molecular formula is C44H35N3. The molecule has 6 aromatic carbocycles. The zero-order valence-electron chi connectivity index (χ0n) is 26.6. The summed E-state index contributed by atoms with van der Waals surface area (Å²) in [6.45, 7) is 4.17. The highest BCUT2D eigenvalue weighted by molar-refractivity contribution is 6.19. The summed E-state index contributed by atoms with van der Waals surface area (Å²) in [4.78, 5) is 4.47. The van der Waals surface area contributed by atoms with Crippen LogP contribution in [-0.2, 0) is 0 Å². The Labute approximate surface area is 274 Å². The molecule has 0 radical (unpaired) electrons. The fourth-order valence-corrected chi connectivity index (χ4v) is 6.77. The summed E-state index contributed by atoms with van der Waals surface area (Å²) in [6.07, 6.45) is 6.98. The second kappa shape index (κ2) is 11.8. The third kappa shape index (κ3) is 5.16. The van der Waals surface area contributed by atoms with Gasteiger partial charge < -0.3 is 10.3 Å². The SMILES string of the molecule is CC/C(=C\C=C(/N)c1ccc2c(ccc3c4ccc(-c5ccc6ccccc6c5)cc4n(-c4ccccc4)c23)c1)c1ccc(C)nc1. The van der Waals surface area contributed by atoms with E-state index in [0.29, 0.717) is 0 Å². The van der Waals surface area contributed by atoms with E-state index in [1.54, 1.807) is 0 Å². The average molecular weight is 606 g/mol. The van der Waals surface area contributed by atoms with Gasteiger partial charge in [0, 0.05) is 39.4 Å². The third-order valence-corrected chi connectivity index (χ3v) is 9.30. The van der Waals surface area contributed by atoms with Crippen LogP contribution in [0.15, 0.2) is 152 Å². The number of benzene rings is 6. The van der Waals surface area contributed by atoms with Gasteiger partial charge in [-0.15, -0.1) is 0 Å². The number of hydrogen-bond donors (Lipinski definition) is 1. The fourth-order valence-electron chi connectivity index (χ4n) is 6.77. The molecule has 0 bridgehead atoms. The van der Waals surface area contributed by atoms with Gasteiger partial charge in [0.2, 0.25) is 0 Å². The molecular weight excluding hydrogens is 571 g/mol. The average Bonchev–Trinajstić information content (AvgIpc) is 3.46. The molecule has 0 spiro atoms. The number of fused-ring (bicyclic) bond motifs is 6. The Hall–Kier alpha value is -5.93. The van der Waals surface area contributed by atoms with Crippen LogP contribution in [0.5, 0.6) is 0 Å². The van der Waals surface area contributed by atoms with E-state index >= 15 is 0 Å². The molecule has 2 heterocycles. The molecule has 0 fully saturated rings. The van der Waals surface area contributed by atoms with Gasteiger partial charge in [-0.25, -0.2) is 0 Å². The third-order valence-electron chi connectivity index (χ3n) is 9.30. The maximum absolute atomic E-state index is 6.69. The zero-order valence-corrected chi connectivity index (χ0v) is 26.6. The van der Waals surface area contributed by atoms with Gasteiger partial charge in [-0.3, -0.25) is 4.98 Å². The van der Waals surface area contributed by atoms with Crippen LogP contribution >= 0.6 is 0 Å². The molecule has 3 heteroatoms. The Morgan fingerprint density at radius 1 is 0.638 bits per heavy atom. The van der Waals surface area contributed by atoms with Gasteiger partial charge in [-0.05, 0) is 99.8 Å². The van der Waals surface area contributed by atoms with E-state index in [-0.39, 0.29) is 0 Å². The molecule has 0 aliphatic rings. The Bertz CT molecular complexity index is 2500. The Kier molecular flexibility index (Phi) is 7.15. The monoisotopic (exact) mass is 605 g/mol. The molecule has 3 nitrogen and oxygen atoms in total. The number of nitrogens with zero attached hydrogens (tertiary/aromatic N) is 2. The van der Waals surface area contributed by atoms with Crippen molar-refractivity contribution in [3.63, 3.8) is 0 Å². The molecule has 2 N–H and O–H groups in total. The first-order valence-corrected chi connectivity index (χ1v) is 16.2. The van der Waals surface area contributed by atoms with Crippen molar-refractivity contribution >= 4 is 54.6 Å². The first-order valence-electron chi connectivity index (χ1n) is 16.2. The number of nitrogens with two attached hydrogens (primary N) is 1. The van der Waals surface area contributed by atoms with Crippen LogP contribution in [0.2, 0.25) is 0 Å². The Balaban J connectivity index is 1.27. The quantitative estimate of drug-likeness (QED) is 0.192. The maximum Gasteiger partial charge on any atom is 0.0619 e. The minimum atomic E-state index is 0.738. The van der Waals surface area contributed by atoms with Gasteiger partial charge >= 0.3 is 0 Å². The number of allylic oxidation sites excluding steroid dienone is 3. The molecule has 0 amide bonds. The molecule has 226 valence electrons. The van der Waals surface area contributed by atoms with Gasteiger partial charge in [-0.1, -0.05) is 110 Å². The van der Waals surface area contributed by atoms with Crippen LogP contribution in [0.4, 0.5) is 0 Å². The summed E-state index contributed by atoms with van der Waals surface area (Å²) in [7, 11) is 0. The largest absolute Gasteiger partial charge is 0.398 e. The molecule has 0 saturated carbocycles. The van der Waals surface area contributed by atoms with E-state index in [4.69, 9.17) is 5.73 Å². The first-order chi connectivity index (χ1) is 23.1. The van der Waals surface area contributed by atoms with Crippen LogP contribution in [0.25, 0.3) is 71.4 Å². The molecule has 8 rings (SSSR count). The number of para-hydroxylation sites is 1. The lowest BCUT2D eigenvalue weighted by atomic mass is 9.99. The number of pyridine rings is 1. The summed E-state index contributed by atoms with van der Waals surface area (Å²) in [5.41, 5.74) is 17.7. The molecule has 0 atom stereocenters. The Morgan fingerprint density at radius 3 is 2.15 bits per heavy atom. The molecule has 0 unspecified atom stereocenters. The van der Waals surface area contributed by atoms with Gasteiger partial charge in [0.15, 0.2) is 0 Å². The van der Waals surface area contributed by atoms with Gasteiger partial charge in [0.1, 0.15) is 0 Å².